The first kappa shape index (κ1) is 11.1. The van der Waals surface area contributed by atoms with Gasteiger partial charge < -0.3 is 9.84 Å². The molecule has 0 saturated carbocycles. The summed E-state index contributed by atoms with van der Waals surface area (Å²) in [4.78, 5) is 11.6. The molecule has 1 aromatic carbocycles. The molecular weight excluding hydrogens is 200 g/mol. The largest absolute Gasteiger partial charge is 0.479 e. The highest BCUT2D eigenvalue weighted by Gasteiger charge is 2.18. The second-order valence-electron chi connectivity index (χ2n) is 2.56. The first-order valence-electron chi connectivity index (χ1n) is 4.30. The molecule has 1 N–H and O–H groups in total. The van der Waals surface area contributed by atoms with Gasteiger partial charge in [-0.3, -0.25) is 0 Å². The van der Waals surface area contributed by atoms with Gasteiger partial charge in [-0.2, -0.15) is 0 Å². The van der Waals surface area contributed by atoms with Gasteiger partial charge in [-0.25, -0.2) is 4.79 Å². The van der Waals surface area contributed by atoms with Gasteiger partial charge in [0.05, 0.1) is 0 Å². The summed E-state index contributed by atoms with van der Waals surface area (Å²) in [7, 11) is 0. The average Bonchev–Trinajstić information content (AvgIpc) is 2.18. The van der Waals surface area contributed by atoms with E-state index in [2.05, 4.69) is 0 Å². The van der Waals surface area contributed by atoms with E-state index in [9.17, 15) is 4.79 Å². The average molecular weight is 212 g/mol. The Hall–Kier alpha value is -1.00. The molecule has 0 aliphatic rings. The van der Waals surface area contributed by atoms with E-state index in [-0.39, 0.29) is 0 Å². The summed E-state index contributed by atoms with van der Waals surface area (Å²) in [6.07, 6.45) is 0. The van der Waals surface area contributed by atoms with Crippen molar-refractivity contribution in [2.45, 2.75) is 17.3 Å². The topological polar surface area (TPSA) is 46.5 Å². The number of hydrogen-bond donors (Lipinski definition) is 1. The number of thioether (sulfide) groups is 1. The van der Waals surface area contributed by atoms with Crippen LogP contribution in [0.15, 0.2) is 35.2 Å². The van der Waals surface area contributed by atoms with Crippen molar-refractivity contribution in [2.24, 2.45) is 0 Å². The molecule has 0 aliphatic heterocycles. The summed E-state index contributed by atoms with van der Waals surface area (Å²) in [5, 5.41) is 8.82. The molecular formula is C10H12O3S. The van der Waals surface area contributed by atoms with Crippen LogP contribution < -0.4 is 0 Å². The number of hydrogen-bond acceptors (Lipinski definition) is 3. The normalized spacial score (nSPS) is 12.4. The van der Waals surface area contributed by atoms with Gasteiger partial charge >= 0.3 is 5.97 Å². The fraction of sp³-hybridized carbons (Fsp3) is 0.300. The molecule has 76 valence electrons. The van der Waals surface area contributed by atoms with Gasteiger partial charge in [0.25, 0.3) is 0 Å². The smallest absolute Gasteiger partial charge is 0.343 e. The van der Waals surface area contributed by atoms with Crippen molar-refractivity contribution in [3.05, 3.63) is 30.3 Å². The van der Waals surface area contributed by atoms with Gasteiger partial charge in [0.15, 0.2) is 0 Å². The Morgan fingerprint density at radius 1 is 1.50 bits per heavy atom. The van der Waals surface area contributed by atoms with Crippen molar-refractivity contribution in [1.82, 2.24) is 0 Å². The van der Waals surface area contributed by atoms with Gasteiger partial charge in [-0.05, 0) is 19.1 Å². The van der Waals surface area contributed by atoms with E-state index in [0.717, 1.165) is 4.90 Å². The highest BCUT2D eigenvalue weighted by Crippen LogP contribution is 2.23. The highest BCUT2D eigenvalue weighted by molar-refractivity contribution is 8.00. The maximum atomic E-state index is 10.7. The zero-order chi connectivity index (χ0) is 10.4. The van der Waals surface area contributed by atoms with Crippen molar-refractivity contribution in [1.29, 1.82) is 0 Å². The summed E-state index contributed by atoms with van der Waals surface area (Å²) in [6, 6.07) is 9.35. The van der Waals surface area contributed by atoms with Crippen molar-refractivity contribution >= 4 is 17.7 Å². The van der Waals surface area contributed by atoms with Crippen LogP contribution in [0.25, 0.3) is 0 Å². The molecule has 0 aliphatic carbocycles. The first-order chi connectivity index (χ1) is 6.74. The zero-order valence-corrected chi connectivity index (χ0v) is 8.66. The third-order valence-electron chi connectivity index (χ3n) is 1.51. The Balaban J connectivity index is 2.60. The molecule has 14 heavy (non-hydrogen) atoms. The van der Waals surface area contributed by atoms with Gasteiger partial charge in [0.2, 0.25) is 5.44 Å². The second kappa shape index (κ2) is 5.67. The molecule has 0 aromatic heterocycles. The monoisotopic (exact) mass is 212 g/mol. The SMILES string of the molecule is CCOC(Sc1ccccc1)C(=O)O. The summed E-state index contributed by atoms with van der Waals surface area (Å²) < 4.78 is 5.07. The standard InChI is InChI=1S/C10H12O3S/c1-2-13-10(9(11)12)14-8-6-4-3-5-7-8/h3-7,10H,2H2,1H3,(H,11,12). The van der Waals surface area contributed by atoms with Crippen LogP contribution in [-0.2, 0) is 9.53 Å². The van der Waals surface area contributed by atoms with Crippen LogP contribution in [0.2, 0.25) is 0 Å². The van der Waals surface area contributed by atoms with Crippen LogP contribution in [-0.4, -0.2) is 23.1 Å². The third kappa shape index (κ3) is 3.40. The molecule has 0 fully saturated rings. The molecule has 1 unspecified atom stereocenters. The van der Waals surface area contributed by atoms with Crippen LogP contribution in [0, 0.1) is 0 Å². The maximum absolute atomic E-state index is 10.7. The van der Waals surface area contributed by atoms with E-state index in [1.165, 1.54) is 11.8 Å². The van der Waals surface area contributed by atoms with E-state index in [4.69, 9.17) is 9.84 Å². The lowest BCUT2D eigenvalue weighted by molar-refractivity contribution is -0.144. The number of carboxylic acids is 1. The Morgan fingerprint density at radius 3 is 2.64 bits per heavy atom. The molecule has 0 bridgehead atoms. The van der Waals surface area contributed by atoms with Crippen molar-refractivity contribution in [2.75, 3.05) is 6.61 Å². The van der Waals surface area contributed by atoms with Gasteiger partial charge in [0.1, 0.15) is 0 Å². The number of carbonyl (C=O) groups is 1. The van der Waals surface area contributed by atoms with Gasteiger partial charge in [0, 0.05) is 11.5 Å². The fourth-order valence-electron chi connectivity index (χ4n) is 0.930. The zero-order valence-electron chi connectivity index (χ0n) is 7.84. The Bertz CT molecular complexity index is 287. The molecule has 1 aromatic rings. The molecule has 0 spiro atoms. The third-order valence-corrected chi connectivity index (χ3v) is 2.60. The van der Waals surface area contributed by atoms with Crippen LogP contribution in [0.4, 0.5) is 0 Å². The van der Waals surface area contributed by atoms with E-state index >= 15 is 0 Å². The van der Waals surface area contributed by atoms with Gasteiger partial charge in [-0.15, -0.1) is 0 Å². The molecule has 1 rings (SSSR count). The first-order valence-corrected chi connectivity index (χ1v) is 5.18. The quantitative estimate of drug-likeness (QED) is 0.600. The molecule has 1 atom stereocenters. The number of ether oxygens (including phenoxy) is 1. The summed E-state index contributed by atoms with van der Waals surface area (Å²) in [5.74, 6) is -0.944. The second-order valence-corrected chi connectivity index (χ2v) is 3.69. The number of aliphatic carboxylic acids is 1. The Morgan fingerprint density at radius 2 is 2.14 bits per heavy atom. The Labute approximate surface area is 87.1 Å². The predicted octanol–water partition coefficient (Wildman–Crippen LogP) is 2.23. The minimum absolute atomic E-state index is 0.400. The minimum Gasteiger partial charge on any atom is -0.479 e. The van der Waals surface area contributed by atoms with E-state index < -0.39 is 11.4 Å². The lowest BCUT2D eigenvalue weighted by Gasteiger charge is -2.11. The minimum atomic E-state index is -0.944. The number of carboxylic acid groups (broad SMARTS) is 1. The Kier molecular flexibility index (Phi) is 4.49. The van der Waals surface area contributed by atoms with Crippen molar-refractivity contribution in [3.63, 3.8) is 0 Å². The summed E-state index contributed by atoms with van der Waals surface area (Å²) in [5.41, 5.74) is -0.817. The van der Waals surface area contributed by atoms with Gasteiger partial charge in [-0.1, -0.05) is 30.0 Å². The van der Waals surface area contributed by atoms with Crippen molar-refractivity contribution < 1.29 is 14.6 Å². The lowest BCUT2D eigenvalue weighted by atomic mass is 10.4. The van der Waals surface area contributed by atoms with Crippen LogP contribution in [0.3, 0.4) is 0 Å². The number of benzene rings is 1. The highest BCUT2D eigenvalue weighted by atomic mass is 32.2. The molecule has 3 nitrogen and oxygen atoms in total. The van der Waals surface area contributed by atoms with E-state index in [1.54, 1.807) is 6.92 Å². The van der Waals surface area contributed by atoms with E-state index in [0.29, 0.717) is 6.61 Å². The molecule has 0 radical (unpaired) electrons. The van der Waals surface area contributed by atoms with Crippen LogP contribution in [0.5, 0.6) is 0 Å². The predicted molar refractivity (Wildman–Crippen MR) is 55.3 cm³/mol. The summed E-state index contributed by atoms with van der Waals surface area (Å²) >= 11 is 1.20. The maximum Gasteiger partial charge on any atom is 0.343 e. The summed E-state index contributed by atoms with van der Waals surface area (Å²) in [6.45, 7) is 2.18. The van der Waals surface area contributed by atoms with Crippen LogP contribution >= 0.6 is 11.8 Å². The van der Waals surface area contributed by atoms with E-state index in [1.807, 2.05) is 30.3 Å². The van der Waals surface area contributed by atoms with Crippen LogP contribution in [0.1, 0.15) is 6.92 Å². The molecule has 0 saturated heterocycles. The lowest BCUT2D eigenvalue weighted by Crippen LogP contribution is -2.19. The molecule has 4 heteroatoms. The fourth-order valence-corrected chi connectivity index (χ4v) is 1.80. The van der Waals surface area contributed by atoms with Crippen molar-refractivity contribution in [3.8, 4) is 0 Å². The molecule has 0 amide bonds. The number of rotatable bonds is 5. The molecule has 0 heterocycles.